The number of benzene rings is 3. The minimum Gasteiger partial charge on any atom is -0.465 e. The number of hydrogen-bond donors (Lipinski definition) is 1. The van der Waals surface area contributed by atoms with Crippen LogP contribution in [0.1, 0.15) is 35.7 Å². The number of piperazine rings is 1. The fraction of sp³-hybridized carbons (Fsp3) is 0.300. The van der Waals surface area contributed by atoms with E-state index in [1.54, 1.807) is 31.2 Å². The van der Waals surface area contributed by atoms with Gasteiger partial charge in [0.05, 0.1) is 12.6 Å². The maximum absolute atomic E-state index is 13.2. The SMILES string of the molecule is CCOC(=O)[C@@H]1C(=O)NC(N2CCN(C(c3ccccc3)c3ccccc3)CC2)=N[C@@H]1c1ccc(Cl)cc1. The van der Waals surface area contributed by atoms with E-state index in [9.17, 15) is 9.59 Å². The van der Waals surface area contributed by atoms with Gasteiger partial charge >= 0.3 is 5.97 Å². The normalized spacial score (nSPS) is 20.1. The van der Waals surface area contributed by atoms with Gasteiger partial charge in [-0.25, -0.2) is 4.99 Å². The van der Waals surface area contributed by atoms with E-state index in [-0.39, 0.29) is 12.6 Å². The molecular weight excluding hydrogens is 500 g/mol. The highest BCUT2D eigenvalue weighted by Gasteiger charge is 2.42. The highest BCUT2D eigenvalue weighted by Crippen LogP contribution is 2.33. The van der Waals surface area contributed by atoms with Crippen molar-refractivity contribution in [3.05, 3.63) is 107 Å². The van der Waals surface area contributed by atoms with Gasteiger partial charge in [0.2, 0.25) is 11.9 Å². The van der Waals surface area contributed by atoms with Crippen molar-refractivity contribution in [1.29, 1.82) is 0 Å². The van der Waals surface area contributed by atoms with Gasteiger partial charge in [0.25, 0.3) is 0 Å². The summed E-state index contributed by atoms with van der Waals surface area (Å²) < 4.78 is 5.22. The van der Waals surface area contributed by atoms with Crippen LogP contribution in [0.5, 0.6) is 0 Å². The number of carbonyl (C=O) groups excluding carboxylic acids is 2. The van der Waals surface area contributed by atoms with Crippen LogP contribution in [0, 0.1) is 5.92 Å². The zero-order valence-electron chi connectivity index (χ0n) is 21.3. The summed E-state index contributed by atoms with van der Waals surface area (Å²) in [6.45, 7) is 4.87. The molecule has 0 radical (unpaired) electrons. The van der Waals surface area contributed by atoms with Crippen LogP contribution in [0.15, 0.2) is 89.9 Å². The van der Waals surface area contributed by atoms with Gasteiger partial charge in [-0.2, -0.15) is 0 Å². The van der Waals surface area contributed by atoms with Crippen molar-refractivity contribution >= 4 is 29.4 Å². The second kappa shape index (κ2) is 11.8. The van der Waals surface area contributed by atoms with E-state index in [0.717, 1.165) is 18.7 Å². The van der Waals surface area contributed by atoms with Gasteiger partial charge in [-0.1, -0.05) is 84.4 Å². The first-order valence-corrected chi connectivity index (χ1v) is 13.3. The van der Waals surface area contributed by atoms with Crippen molar-refractivity contribution in [2.75, 3.05) is 32.8 Å². The summed E-state index contributed by atoms with van der Waals surface area (Å²) in [7, 11) is 0. The molecule has 0 aliphatic carbocycles. The maximum atomic E-state index is 13.2. The van der Waals surface area contributed by atoms with E-state index in [2.05, 4.69) is 63.6 Å². The lowest BCUT2D eigenvalue weighted by Crippen LogP contribution is -2.57. The van der Waals surface area contributed by atoms with E-state index in [4.69, 9.17) is 21.3 Å². The first-order chi connectivity index (χ1) is 18.5. The number of aliphatic imine (C=N–C) groups is 1. The molecule has 5 rings (SSSR count). The Bertz CT molecular complexity index is 1240. The first kappa shape index (κ1) is 25.9. The number of carbonyl (C=O) groups is 2. The third-order valence-corrected chi connectivity index (χ3v) is 7.31. The molecule has 2 aliphatic heterocycles. The van der Waals surface area contributed by atoms with E-state index in [1.807, 2.05) is 12.1 Å². The van der Waals surface area contributed by atoms with Crippen LogP contribution in [-0.4, -0.2) is 60.4 Å². The zero-order valence-corrected chi connectivity index (χ0v) is 22.1. The number of guanidine groups is 1. The van der Waals surface area contributed by atoms with Crippen molar-refractivity contribution in [2.45, 2.75) is 19.0 Å². The Kier molecular flexibility index (Phi) is 8.05. The number of hydrogen-bond acceptors (Lipinski definition) is 6. The molecule has 2 heterocycles. The van der Waals surface area contributed by atoms with Gasteiger partial charge in [0.15, 0.2) is 5.92 Å². The maximum Gasteiger partial charge on any atom is 0.321 e. The number of nitrogens with one attached hydrogen (secondary N) is 1. The number of esters is 1. The summed E-state index contributed by atoms with van der Waals surface area (Å²) in [6, 6.07) is 27.6. The van der Waals surface area contributed by atoms with E-state index in [1.165, 1.54) is 11.1 Å². The summed E-state index contributed by atoms with van der Waals surface area (Å²) in [5.41, 5.74) is 3.23. The molecule has 1 N–H and O–H groups in total. The highest BCUT2D eigenvalue weighted by molar-refractivity contribution is 6.30. The predicted octanol–water partition coefficient (Wildman–Crippen LogP) is 4.45. The lowest BCUT2D eigenvalue weighted by Gasteiger charge is -2.42. The summed E-state index contributed by atoms with van der Waals surface area (Å²) in [5, 5.41) is 3.46. The molecule has 0 bridgehead atoms. The van der Waals surface area contributed by atoms with E-state index in [0.29, 0.717) is 24.1 Å². The Morgan fingerprint density at radius 1 is 0.947 bits per heavy atom. The molecule has 2 aliphatic rings. The molecule has 0 aromatic heterocycles. The molecule has 7 nitrogen and oxygen atoms in total. The Hall–Kier alpha value is -3.68. The summed E-state index contributed by atoms with van der Waals surface area (Å²) >= 11 is 6.09. The first-order valence-electron chi connectivity index (χ1n) is 12.9. The van der Waals surface area contributed by atoms with Gasteiger partial charge in [0.1, 0.15) is 6.04 Å². The molecule has 3 aromatic rings. The number of halogens is 1. The van der Waals surface area contributed by atoms with Gasteiger partial charge in [-0.3, -0.25) is 19.8 Å². The Morgan fingerprint density at radius 3 is 2.08 bits per heavy atom. The Labute approximate surface area is 228 Å². The van der Waals surface area contributed by atoms with Gasteiger partial charge < -0.3 is 9.64 Å². The number of nitrogens with zero attached hydrogens (tertiary/aromatic N) is 3. The van der Waals surface area contributed by atoms with Crippen molar-refractivity contribution < 1.29 is 14.3 Å². The molecular formula is C30H31ClN4O3. The second-order valence-electron chi connectivity index (χ2n) is 9.41. The Morgan fingerprint density at radius 2 is 1.53 bits per heavy atom. The smallest absolute Gasteiger partial charge is 0.321 e. The molecule has 0 spiro atoms. The Balaban J connectivity index is 1.38. The second-order valence-corrected chi connectivity index (χ2v) is 9.85. The number of ether oxygens (including phenoxy) is 1. The average molecular weight is 531 g/mol. The van der Waals surface area contributed by atoms with Crippen LogP contribution >= 0.6 is 11.6 Å². The highest BCUT2D eigenvalue weighted by atomic mass is 35.5. The van der Waals surface area contributed by atoms with Crippen molar-refractivity contribution in [1.82, 2.24) is 15.1 Å². The molecule has 8 heteroatoms. The molecule has 1 amide bonds. The molecule has 196 valence electrons. The largest absolute Gasteiger partial charge is 0.465 e. The minimum absolute atomic E-state index is 0.137. The van der Waals surface area contributed by atoms with Crippen LogP contribution in [-0.2, 0) is 14.3 Å². The molecule has 0 saturated carbocycles. The lowest BCUT2D eigenvalue weighted by molar-refractivity contribution is -0.153. The molecule has 3 aromatic carbocycles. The van der Waals surface area contributed by atoms with Crippen LogP contribution in [0.4, 0.5) is 0 Å². The lowest BCUT2D eigenvalue weighted by atomic mass is 9.91. The van der Waals surface area contributed by atoms with Gasteiger partial charge in [-0.05, 0) is 35.7 Å². The molecule has 2 atom stereocenters. The average Bonchev–Trinajstić information content (AvgIpc) is 2.95. The summed E-state index contributed by atoms with van der Waals surface area (Å²) in [6.07, 6.45) is 0. The summed E-state index contributed by atoms with van der Waals surface area (Å²) in [5.74, 6) is -1.54. The molecule has 1 saturated heterocycles. The molecule has 38 heavy (non-hydrogen) atoms. The minimum atomic E-state index is -1.05. The fourth-order valence-electron chi connectivity index (χ4n) is 5.20. The third-order valence-electron chi connectivity index (χ3n) is 7.06. The van der Waals surface area contributed by atoms with Gasteiger partial charge in [0, 0.05) is 31.2 Å². The third kappa shape index (κ3) is 5.59. The van der Waals surface area contributed by atoms with Crippen LogP contribution in [0.2, 0.25) is 5.02 Å². The monoisotopic (exact) mass is 530 g/mol. The van der Waals surface area contributed by atoms with E-state index < -0.39 is 23.8 Å². The number of rotatable bonds is 6. The van der Waals surface area contributed by atoms with Crippen LogP contribution in [0.25, 0.3) is 0 Å². The van der Waals surface area contributed by atoms with E-state index >= 15 is 0 Å². The summed E-state index contributed by atoms with van der Waals surface area (Å²) in [4.78, 5) is 35.4. The zero-order chi connectivity index (χ0) is 26.5. The molecule has 0 unspecified atom stereocenters. The fourth-order valence-corrected chi connectivity index (χ4v) is 5.33. The van der Waals surface area contributed by atoms with Crippen molar-refractivity contribution in [3.63, 3.8) is 0 Å². The van der Waals surface area contributed by atoms with Crippen molar-refractivity contribution in [3.8, 4) is 0 Å². The number of amides is 1. The standard InChI is InChI=1S/C30H31ClN4O3/c1-2-38-29(37)25-26(21-13-15-24(31)16-14-21)32-30(33-28(25)36)35-19-17-34(18-20-35)27(22-9-5-3-6-10-22)23-11-7-4-8-12-23/h3-16,25-27H,2,17-20H2,1H3,(H,32,33,36)/t25-,26+/m0/s1. The topological polar surface area (TPSA) is 74.2 Å². The predicted molar refractivity (Wildman–Crippen MR) is 148 cm³/mol. The van der Waals surface area contributed by atoms with Crippen molar-refractivity contribution in [2.24, 2.45) is 10.9 Å². The van der Waals surface area contributed by atoms with Crippen LogP contribution in [0.3, 0.4) is 0 Å². The molecule has 1 fully saturated rings. The quantitative estimate of drug-likeness (QED) is 0.376. The van der Waals surface area contributed by atoms with Gasteiger partial charge in [-0.15, -0.1) is 0 Å². The van der Waals surface area contributed by atoms with Crippen LogP contribution < -0.4 is 5.32 Å².